The molecule has 4 saturated carbocycles. The van der Waals surface area contributed by atoms with Crippen LogP contribution in [0.25, 0.3) is 21.5 Å². The van der Waals surface area contributed by atoms with E-state index in [0.717, 1.165) is 30.1 Å². The minimum atomic E-state index is 0. The Kier molecular flexibility index (Phi) is 10.8. The van der Waals surface area contributed by atoms with Gasteiger partial charge in [-0.2, -0.15) is 6.08 Å². The molecular formula is C36H44Cl2Zr-2. The Hall–Kier alpha value is -0.877. The maximum absolute atomic E-state index is 2.99. The van der Waals surface area contributed by atoms with Crippen LogP contribution in [0.1, 0.15) is 91.2 Å². The minimum absolute atomic E-state index is 0. The van der Waals surface area contributed by atoms with E-state index >= 15 is 0 Å². The molecule has 5 aliphatic carbocycles. The first-order valence-corrected chi connectivity index (χ1v) is 15.7. The number of hydrogen-bond acceptors (Lipinski definition) is 0. The van der Waals surface area contributed by atoms with Crippen molar-refractivity contribution in [3.05, 3.63) is 77.9 Å². The normalized spacial score (nSPS) is 24.6. The maximum atomic E-state index is 2.99. The van der Waals surface area contributed by atoms with Crippen molar-refractivity contribution in [2.75, 3.05) is 0 Å². The zero-order chi connectivity index (χ0) is 26.4. The van der Waals surface area contributed by atoms with Gasteiger partial charge >= 0.3 is 83.2 Å². The third kappa shape index (κ3) is 7.50. The van der Waals surface area contributed by atoms with Crippen LogP contribution in [0.4, 0.5) is 0 Å². The molecule has 4 bridgehead atoms. The van der Waals surface area contributed by atoms with Gasteiger partial charge in [0.15, 0.2) is 0 Å². The summed E-state index contributed by atoms with van der Waals surface area (Å²) >= 11 is 1.76. The molecular weight excluding hydrogens is 595 g/mol. The third-order valence-electron chi connectivity index (χ3n) is 9.04. The first-order valence-electron chi connectivity index (χ1n) is 14.4. The number of benzene rings is 2. The van der Waals surface area contributed by atoms with Crippen molar-refractivity contribution in [1.29, 1.82) is 0 Å². The first kappa shape index (κ1) is 32.6. The van der Waals surface area contributed by atoms with Gasteiger partial charge < -0.3 is 24.8 Å². The molecule has 3 aromatic rings. The Balaban J connectivity index is 0.000000194. The van der Waals surface area contributed by atoms with Crippen molar-refractivity contribution in [1.82, 2.24) is 0 Å². The summed E-state index contributed by atoms with van der Waals surface area (Å²) in [6.07, 6.45) is 17.9. The average molecular weight is 639 g/mol. The van der Waals surface area contributed by atoms with Crippen LogP contribution in [0.3, 0.4) is 0 Å². The topological polar surface area (TPSA) is 0 Å². The molecule has 0 heterocycles. The van der Waals surface area contributed by atoms with Gasteiger partial charge in [-0.05, 0) is 10.8 Å². The zero-order valence-corrected chi connectivity index (χ0v) is 28.6. The standard InChI is InChI=1S/C21H25.C10H14.C5H5.2ClH.Zr/c1-20(2,3)16-7-9-18-14(12-16)11-15-13-17(21(4,5)6)8-10-19(15)18;1-7-2-9-4-8(1)5-10(3-7)6-9;1-2-4-5-3-1;;;/h7-13H,1-6H3;7-10H,1-5H2;1-3H,4H2;2*1H;/q-1;;-1;;;+2/p-2. The fourth-order valence-corrected chi connectivity index (χ4v) is 8.15. The van der Waals surface area contributed by atoms with E-state index in [1.165, 1.54) is 32.7 Å². The Bertz CT molecular complexity index is 1230. The Morgan fingerprint density at radius 2 is 1.18 bits per heavy atom. The molecule has 0 atom stereocenters. The fraction of sp³-hybridized carbons (Fsp3) is 0.500. The van der Waals surface area contributed by atoms with E-state index in [1.54, 1.807) is 56.3 Å². The number of halogens is 2. The second-order valence-corrected chi connectivity index (χ2v) is 15.4. The van der Waals surface area contributed by atoms with Gasteiger partial charge in [0.2, 0.25) is 0 Å². The Labute approximate surface area is 264 Å². The predicted octanol–water partition coefficient (Wildman–Crippen LogP) is 3.78. The molecule has 0 radical (unpaired) electrons. The second kappa shape index (κ2) is 13.0. The summed E-state index contributed by atoms with van der Waals surface area (Å²) in [4.78, 5) is 0. The van der Waals surface area contributed by atoms with E-state index in [0.29, 0.717) is 0 Å². The van der Waals surface area contributed by atoms with Gasteiger partial charge in [0, 0.05) is 0 Å². The Morgan fingerprint density at radius 3 is 1.51 bits per heavy atom. The van der Waals surface area contributed by atoms with Gasteiger partial charge in [0.1, 0.15) is 0 Å². The van der Waals surface area contributed by atoms with Gasteiger partial charge in [-0.1, -0.05) is 76.9 Å². The molecule has 208 valence electrons. The zero-order valence-electron chi connectivity index (χ0n) is 24.6. The van der Waals surface area contributed by atoms with Gasteiger partial charge in [-0.3, -0.25) is 6.08 Å². The molecule has 4 fully saturated rings. The van der Waals surface area contributed by atoms with Crippen LogP contribution < -0.4 is 24.8 Å². The van der Waals surface area contributed by atoms with Gasteiger partial charge in [-0.15, -0.1) is 46.2 Å². The van der Waals surface area contributed by atoms with Crippen LogP contribution in [0, 0.1) is 29.7 Å². The van der Waals surface area contributed by atoms with Crippen LogP contribution in [-0.2, 0) is 35.1 Å². The first-order chi connectivity index (χ1) is 17.5. The quantitative estimate of drug-likeness (QED) is 0.329. The van der Waals surface area contributed by atoms with E-state index in [4.69, 9.17) is 0 Å². The number of fused-ring (bicyclic) bond motifs is 3. The summed E-state index contributed by atoms with van der Waals surface area (Å²) in [7, 11) is 0. The van der Waals surface area contributed by atoms with Crippen molar-refractivity contribution in [3.63, 3.8) is 0 Å². The predicted molar refractivity (Wildman–Crippen MR) is 158 cm³/mol. The summed E-state index contributed by atoms with van der Waals surface area (Å²) in [6, 6.07) is 16.2. The third-order valence-corrected chi connectivity index (χ3v) is 11.0. The van der Waals surface area contributed by atoms with Crippen molar-refractivity contribution in [2.24, 2.45) is 23.7 Å². The van der Waals surface area contributed by atoms with Crippen molar-refractivity contribution in [3.8, 4) is 0 Å². The molecule has 0 N–H and O–H groups in total. The monoisotopic (exact) mass is 636 g/mol. The SMILES string of the molecule is CC(C)(C)c1ccc2c(c1)[cH-]c1cc(C(C)(C)C)ccc12.[C-]1=CC=CC1.[Cl-].[Cl-].[Zr+2]=[C]1C2CC3CC(C2)CC1C3. The number of hydrogen-bond donors (Lipinski definition) is 0. The Morgan fingerprint density at radius 1 is 0.718 bits per heavy atom. The van der Waals surface area contributed by atoms with Crippen LogP contribution in [0.5, 0.6) is 0 Å². The van der Waals surface area contributed by atoms with Crippen LogP contribution in [0.15, 0.2) is 60.7 Å². The van der Waals surface area contributed by atoms with Gasteiger partial charge in [0.25, 0.3) is 0 Å². The fourth-order valence-electron chi connectivity index (χ4n) is 6.99. The van der Waals surface area contributed by atoms with Gasteiger partial charge in [-0.25, -0.2) is 12.2 Å². The molecule has 0 saturated heterocycles. The molecule has 5 aliphatic rings. The van der Waals surface area contributed by atoms with Crippen LogP contribution in [0.2, 0.25) is 0 Å². The molecule has 0 aliphatic heterocycles. The molecule has 0 unspecified atom stereocenters. The second-order valence-electron chi connectivity index (χ2n) is 14.0. The van der Waals surface area contributed by atoms with Gasteiger partial charge in [0.05, 0.1) is 0 Å². The van der Waals surface area contributed by atoms with Crippen LogP contribution in [-0.4, -0.2) is 3.21 Å². The molecule has 3 aromatic carbocycles. The molecule has 0 spiro atoms. The summed E-state index contributed by atoms with van der Waals surface area (Å²) < 4.78 is 1.96. The van der Waals surface area contributed by atoms with Crippen molar-refractivity contribution in [2.45, 2.75) is 90.9 Å². The molecule has 0 amide bonds. The van der Waals surface area contributed by atoms with E-state index in [1.807, 2.05) is 15.4 Å². The average Bonchev–Trinajstić information content (AvgIpc) is 3.52. The van der Waals surface area contributed by atoms with E-state index in [9.17, 15) is 0 Å². The molecule has 0 nitrogen and oxygen atoms in total. The number of allylic oxidation sites excluding steroid dienone is 4. The van der Waals surface area contributed by atoms with E-state index < -0.39 is 0 Å². The molecule has 0 aromatic heterocycles. The van der Waals surface area contributed by atoms with Crippen molar-refractivity contribution >= 4 is 24.8 Å². The summed E-state index contributed by atoms with van der Waals surface area (Å²) in [5.41, 5.74) is 3.21. The van der Waals surface area contributed by atoms with Crippen molar-refractivity contribution < 1.29 is 49.0 Å². The summed E-state index contributed by atoms with van der Waals surface area (Å²) in [6.45, 7) is 13.6. The molecule has 8 rings (SSSR count). The van der Waals surface area contributed by atoms with Crippen LogP contribution >= 0.6 is 0 Å². The summed E-state index contributed by atoms with van der Waals surface area (Å²) in [5.74, 6) is 4.51. The summed E-state index contributed by atoms with van der Waals surface area (Å²) in [5, 5.41) is 5.48. The molecule has 3 heteroatoms. The van der Waals surface area contributed by atoms with E-state index in [2.05, 4.69) is 96.2 Å². The van der Waals surface area contributed by atoms with E-state index in [-0.39, 0.29) is 35.6 Å². The number of rotatable bonds is 0. The molecule has 39 heavy (non-hydrogen) atoms.